The maximum Gasteiger partial charge on any atom is 0.193 e. The third-order valence-electron chi connectivity index (χ3n) is 5.06. The van der Waals surface area contributed by atoms with Crippen molar-refractivity contribution >= 4 is 29.9 Å². The first-order chi connectivity index (χ1) is 11.3. The summed E-state index contributed by atoms with van der Waals surface area (Å²) in [6.07, 6.45) is 9.43. The highest BCUT2D eigenvalue weighted by Crippen LogP contribution is 2.26. The average molecular weight is 446 g/mol. The van der Waals surface area contributed by atoms with Gasteiger partial charge in [-0.15, -0.1) is 24.0 Å². The van der Waals surface area contributed by atoms with E-state index in [-0.39, 0.29) is 24.0 Å². The number of halogens is 1. The molecule has 1 N–H and O–H groups in total. The molecule has 3 heterocycles. The molecule has 0 aromatic carbocycles. The van der Waals surface area contributed by atoms with Crippen LogP contribution >= 0.6 is 24.0 Å². The normalized spacial score (nSPS) is 22.5. The van der Waals surface area contributed by atoms with Crippen LogP contribution in [0.25, 0.3) is 0 Å². The number of rotatable bonds is 4. The number of aromatic nitrogens is 2. The molecule has 2 fully saturated rings. The predicted octanol–water partition coefficient (Wildman–Crippen LogP) is 1.89. The summed E-state index contributed by atoms with van der Waals surface area (Å²) in [5.74, 6) is 1.62. The fourth-order valence-electron chi connectivity index (χ4n) is 3.72. The van der Waals surface area contributed by atoms with E-state index < -0.39 is 0 Å². The van der Waals surface area contributed by atoms with Gasteiger partial charge in [-0.3, -0.25) is 9.67 Å². The van der Waals surface area contributed by atoms with E-state index in [9.17, 15) is 0 Å². The summed E-state index contributed by atoms with van der Waals surface area (Å²) in [4.78, 5) is 9.42. The Morgan fingerprint density at radius 3 is 2.75 bits per heavy atom. The SMILES string of the molecule is CN=C(NCCN1CCCCC1)N1CCC(c2cnn(C)c2)C1.I. The summed E-state index contributed by atoms with van der Waals surface area (Å²) in [7, 11) is 3.87. The maximum atomic E-state index is 4.48. The minimum atomic E-state index is 0. The number of aliphatic imine (C=N–C) groups is 1. The monoisotopic (exact) mass is 446 g/mol. The van der Waals surface area contributed by atoms with Crippen molar-refractivity contribution in [2.45, 2.75) is 31.6 Å². The van der Waals surface area contributed by atoms with Gasteiger partial charge in [0.2, 0.25) is 0 Å². The third-order valence-corrected chi connectivity index (χ3v) is 5.06. The van der Waals surface area contributed by atoms with Crippen LogP contribution in [0.4, 0.5) is 0 Å². The second kappa shape index (κ2) is 9.60. The molecule has 24 heavy (non-hydrogen) atoms. The third kappa shape index (κ3) is 5.08. The van der Waals surface area contributed by atoms with Crippen molar-refractivity contribution in [3.8, 4) is 0 Å². The number of hydrogen-bond acceptors (Lipinski definition) is 3. The first kappa shape index (κ1) is 19.5. The summed E-state index contributed by atoms with van der Waals surface area (Å²) in [6, 6.07) is 0. The van der Waals surface area contributed by atoms with Crippen LogP contribution in [0.2, 0.25) is 0 Å². The Labute approximate surface area is 162 Å². The quantitative estimate of drug-likeness (QED) is 0.436. The summed E-state index contributed by atoms with van der Waals surface area (Å²) in [5, 5.41) is 7.85. The molecule has 2 aliphatic rings. The summed E-state index contributed by atoms with van der Waals surface area (Å²) < 4.78 is 1.89. The first-order valence-electron chi connectivity index (χ1n) is 8.93. The lowest BCUT2D eigenvalue weighted by atomic mass is 10.0. The fraction of sp³-hybridized carbons (Fsp3) is 0.765. The van der Waals surface area contributed by atoms with Crippen molar-refractivity contribution in [2.24, 2.45) is 12.0 Å². The number of likely N-dealkylation sites (tertiary alicyclic amines) is 2. The van der Waals surface area contributed by atoms with Crippen LogP contribution in [-0.4, -0.2) is 71.9 Å². The molecule has 7 heteroatoms. The van der Waals surface area contributed by atoms with E-state index in [1.165, 1.54) is 44.3 Å². The van der Waals surface area contributed by atoms with Crippen molar-refractivity contribution in [1.82, 2.24) is 24.9 Å². The smallest absolute Gasteiger partial charge is 0.193 e. The average Bonchev–Trinajstić information content (AvgIpc) is 3.21. The number of nitrogens with one attached hydrogen (secondary N) is 1. The van der Waals surface area contributed by atoms with E-state index in [0.717, 1.165) is 32.1 Å². The molecule has 0 aliphatic carbocycles. The van der Waals surface area contributed by atoms with Crippen molar-refractivity contribution < 1.29 is 0 Å². The summed E-state index contributed by atoms with van der Waals surface area (Å²) in [6.45, 7) is 6.73. The Hall–Kier alpha value is -0.830. The molecule has 0 saturated carbocycles. The molecule has 1 aromatic heterocycles. The summed E-state index contributed by atoms with van der Waals surface area (Å²) >= 11 is 0. The van der Waals surface area contributed by atoms with E-state index in [1.54, 1.807) is 0 Å². The lowest BCUT2D eigenvalue weighted by Crippen LogP contribution is -2.44. The number of piperidine rings is 1. The van der Waals surface area contributed by atoms with Crippen LogP contribution in [0.5, 0.6) is 0 Å². The largest absolute Gasteiger partial charge is 0.355 e. The molecule has 2 aliphatic heterocycles. The van der Waals surface area contributed by atoms with E-state index in [1.807, 2.05) is 25.0 Å². The van der Waals surface area contributed by atoms with Gasteiger partial charge in [0.05, 0.1) is 6.20 Å². The highest BCUT2D eigenvalue weighted by Gasteiger charge is 2.26. The molecule has 1 atom stereocenters. The Balaban J connectivity index is 0.00000208. The van der Waals surface area contributed by atoms with E-state index >= 15 is 0 Å². The molecule has 136 valence electrons. The van der Waals surface area contributed by atoms with Gasteiger partial charge in [0, 0.05) is 52.4 Å². The van der Waals surface area contributed by atoms with Crippen LogP contribution in [0.1, 0.15) is 37.2 Å². The fourth-order valence-corrected chi connectivity index (χ4v) is 3.72. The van der Waals surface area contributed by atoms with Gasteiger partial charge in [-0.2, -0.15) is 5.10 Å². The van der Waals surface area contributed by atoms with Gasteiger partial charge in [0.1, 0.15) is 0 Å². The Morgan fingerprint density at radius 2 is 2.08 bits per heavy atom. The molecule has 1 unspecified atom stereocenters. The van der Waals surface area contributed by atoms with Gasteiger partial charge in [-0.25, -0.2) is 0 Å². The molecular weight excluding hydrogens is 415 g/mol. The zero-order valence-electron chi connectivity index (χ0n) is 14.9. The molecule has 6 nitrogen and oxygen atoms in total. The molecule has 0 radical (unpaired) electrons. The standard InChI is InChI=1S/C17H30N6.HI/c1-18-17(19-7-11-22-8-4-3-5-9-22)23-10-6-15(14-23)16-12-20-21(2)13-16;/h12-13,15H,3-11,14H2,1-2H3,(H,18,19);1H. The van der Waals surface area contributed by atoms with Crippen molar-refractivity contribution in [3.05, 3.63) is 18.0 Å². The molecule has 0 spiro atoms. The number of guanidine groups is 1. The summed E-state index contributed by atoms with van der Waals surface area (Å²) in [5.41, 5.74) is 1.35. The van der Waals surface area contributed by atoms with Crippen LogP contribution < -0.4 is 5.32 Å². The topological polar surface area (TPSA) is 48.7 Å². The number of nitrogens with zero attached hydrogens (tertiary/aromatic N) is 5. The minimum absolute atomic E-state index is 0. The van der Waals surface area contributed by atoms with Crippen molar-refractivity contribution in [1.29, 1.82) is 0 Å². The van der Waals surface area contributed by atoms with Crippen LogP contribution in [0.15, 0.2) is 17.4 Å². The van der Waals surface area contributed by atoms with E-state index in [0.29, 0.717) is 5.92 Å². The maximum absolute atomic E-state index is 4.48. The lowest BCUT2D eigenvalue weighted by molar-refractivity contribution is 0.231. The predicted molar refractivity (Wildman–Crippen MR) is 109 cm³/mol. The molecule has 3 rings (SSSR count). The van der Waals surface area contributed by atoms with Crippen molar-refractivity contribution in [2.75, 3.05) is 46.3 Å². The Kier molecular flexibility index (Phi) is 7.80. The number of aryl methyl sites for hydroxylation is 1. The highest BCUT2D eigenvalue weighted by molar-refractivity contribution is 14.0. The van der Waals surface area contributed by atoms with Crippen LogP contribution in [-0.2, 0) is 7.05 Å². The van der Waals surface area contributed by atoms with Gasteiger partial charge in [0.15, 0.2) is 5.96 Å². The molecule has 2 saturated heterocycles. The van der Waals surface area contributed by atoms with E-state index in [4.69, 9.17) is 0 Å². The van der Waals surface area contributed by atoms with Crippen LogP contribution in [0.3, 0.4) is 0 Å². The minimum Gasteiger partial charge on any atom is -0.355 e. The van der Waals surface area contributed by atoms with E-state index in [2.05, 4.69) is 31.4 Å². The molecule has 0 amide bonds. The Morgan fingerprint density at radius 1 is 1.29 bits per heavy atom. The first-order valence-corrected chi connectivity index (χ1v) is 8.93. The second-order valence-corrected chi connectivity index (χ2v) is 6.76. The molecule has 1 aromatic rings. The number of hydrogen-bond donors (Lipinski definition) is 1. The van der Waals surface area contributed by atoms with Gasteiger partial charge in [-0.05, 0) is 37.9 Å². The van der Waals surface area contributed by atoms with Gasteiger partial charge >= 0.3 is 0 Å². The van der Waals surface area contributed by atoms with Gasteiger partial charge in [0.25, 0.3) is 0 Å². The Bertz CT molecular complexity index is 523. The van der Waals surface area contributed by atoms with Crippen LogP contribution in [0, 0.1) is 0 Å². The van der Waals surface area contributed by atoms with Crippen molar-refractivity contribution in [3.63, 3.8) is 0 Å². The lowest BCUT2D eigenvalue weighted by Gasteiger charge is -2.27. The molecular formula is C17H31IN6. The van der Waals surface area contributed by atoms with Gasteiger partial charge < -0.3 is 15.1 Å². The second-order valence-electron chi connectivity index (χ2n) is 6.76. The highest BCUT2D eigenvalue weighted by atomic mass is 127. The van der Waals surface area contributed by atoms with Gasteiger partial charge in [-0.1, -0.05) is 6.42 Å². The molecule has 0 bridgehead atoms. The zero-order valence-corrected chi connectivity index (χ0v) is 17.3. The zero-order chi connectivity index (χ0) is 16.1.